The first-order valence-electron chi connectivity index (χ1n) is 3.78. The van der Waals surface area contributed by atoms with Crippen LogP contribution in [0.3, 0.4) is 0 Å². The van der Waals surface area contributed by atoms with Gasteiger partial charge in [-0.1, -0.05) is 52.0 Å². The lowest BCUT2D eigenvalue weighted by atomic mass is 10.2. The quantitative estimate of drug-likeness (QED) is 0.515. The van der Waals surface area contributed by atoms with Gasteiger partial charge in [0.25, 0.3) is 0 Å². The molecule has 0 spiro atoms. The van der Waals surface area contributed by atoms with Gasteiger partial charge < -0.3 is 0 Å². The van der Waals surface area contributed by atoms with Crippen molar-refractivity contribution in [2.75, 3.05) is 0 Å². The molecule has 1 rings (SSSR count). The molecule has 0 saturated heterocycles. The van der Waals surface area contributed by atoms with Crippen LogP contribution in [0.15, 0.2) is 28.7 Å². The zero-order valence-electron chi connectivity index (χ0n) is 7.16. The number of thiocarbonyl (C=S) groups is 1. The van der Waals surface area contributed by atoms with Crippen molar-refractivity contribution in [1.29, 1.82) is 5.26 Å². The highest BCUT2D eigenvalue weighted by atomic mass is 79.9. The second-order valence-corrected chi connectivity index (χ2v) is 5.01. The van der Waals surface area contributed by atoms with Gasteiger partial charge >= 0.3 is 0 Å². The van der Waals surface area contributed by atoms with E-state index in [1.807, 2.05) is 24.3 Å². The Morgan fingerprint density at radius 2 is 2.14 bits per heavy atom. The molecule has 0 aliphatic rings. The van der Waals surface area contributed by atoms with Crippen molar-refractivity contribution in [1.82, 2.24) is 5.32 Å². The molecule has 0 aliphatic carbocycles. The lowest BCUT2D eigenvalue weighted by Crippen LogP contribution is -2.10. The topological polar surface area (TPSA) is 35.8 Å². The fourth-order valence-corrected chi connectivity index (χ4v) is 1.91. The third-order valence-corrected chi connectivity index (χ3v) is 3.27. The van der Waals surface area contributed by atoms with Crippen LogP contribution in [0.1, 0.15) is 5.56 Å². The van der Waals surface area contributed by atoms with Crippen LogP contribution in [0.25, 0.3) is 0 Å². The van der Waals surface area contributed by atoms with Crippen LogP contribution < -0.4 is 5.32 Å². The van der Waals surface area contributed by atoms with Gasteiger partial charge in [0.1, 0.15) is 4.32 Å². The van der Waals surface area contributed by atoms with Gasteiger partial charge in [-0.25, -0.2) is 0 Å². The molecule has 0 bridgehead atoms. The number of nitrogens with zero attached hydrogens (tertiary/aromatic N) is 1. The molecule has 2 nitrogen and oxygen atoms in total. The van der Waals surface area contributed by atoms with Crippen LogP contribution in [0.5, 0.6) is 0 Å². The average Bonchev–Trinajstić information content (AvgIpc) is 2.17. The number of hydrogen-bond donors (Lipinski definition) is 1. The summed E-state index contributed by atoms with van der Waals surface area (Å²) in [6.45, 7) is 0. The molecule has 14 heavy (non-hydrogen) atoms. The summed E-state index contributed by atoms with van der Waals surface area (Å²) in [5.41, 5.74) is 1.18. The molecular weight excluding hydrogens is 280 g/mol. The Labute approximate surface area is 101 Å². The summed E-state index contributed by atoms with van der Waals surface area (Å²) < 4.78 is 1.57. The molecule has 5 heteroatoms. The molecule has 0 aromatic heterocycles. The molecule has 1 aromatic carbocycles. The summed E-state index contributed by atoms with van der Waals surface area (Å²) in [6.07, 6.45) is 1.79. The number of nitriles is 1. The highest BCUT2D eigenvalue weighted by Gasteiger charge is 1.97. The van der Waals surface area contributed by atoms with Gasteiger partial charge in [0.15, 0.2) is 6.19 Å². The second kappa shape index (κ2) is 6.02. The third-order valence-electron chi connectivity index (χ3n) is 1.44. The molecule has 1 aromatic rings. The maximum absolute atomic E-state index is 8.30. The van der Waals surface area contributed by atoms with Gasteiger partial charge in [-0.2, -0.15) is 5.26 Å². The smallest absolute Gasteiger partial charge is 0.182 e. The van der Waals surface area contributed by atoms with Gasteiger partial charge in [0.2, 0.25) is 0 Å². The van der Waals surface area contributed by atoms with Crippen molar-refractivity contribution < 1.29 is 0 Å². The highest BCUT2D eigenvalue weighted by molar-refractivity contribution is 9.10. The van der Waals surface area contributed by atoms with Crippen molar-refractivity contribution in [3.8, 4) is 6.19 Å². The number of benzene rings is 1. The van der Waals surface area contributed by atoms with Gasteiger partial charge in [-0.05, 0) is 17.7 Å². The predicted molar refractivity (Wildman–Crippen MR) is 66.8 cm³/mol. The number of nitrogens with one attached hydrogen (secondary N) is 1. The first-order chi connectivity index (χ1) is 6.72. The van der Waals surface area contributed by atoms with Crippen molar-refractivity contribution in [2.24, 2.45) is 0 Å². The van der Waals surface area contributed by atoms with Gasteiger partial charge in [-0.3, -0.25) is 5.32 Å². The van der Waals surface area contributed by atoms with Gasteiger partial charge in [-0.15, -0.1) is 0 Å². The van der Waals surface area contributed by atoms with E-state index in [0.29, 0.717) is 4.32 Å². The van der Waals surface area contributed by atoms with Crippen LogP contribution in [0.4, 0.5) is 0 Å². The Morgan fingerprint density at radius 3 is 2.71 bits per heavy atom. The lowest BCUT2D eigenvalue weighted by molar-refractivity contribution is 1.31. The molecule has 0 radical (unpaired) electrons. The first kappa shape index (κ1) is 11.5. The Balaban J connectivity index is 2.43. The SMILES string of the molecule is N#CNC(=S)SCc1ccc(Br)cc1. The normalized spacial score (nSPS) is 9.14. The summed E-state index contributed by atoms with van der Waals surface area (Å²) >= 11 is 9.70. The molecular formula is C9H7BrN2S2. The molecule has 1 N–H and O–H groups in total. The summed E-state index contributed by atoms with van der Waals surface area (Å²) in [5, 5.41) is 10.7. The third kappa shape index (κ3) is 4.09. The van der Waals surface area contributed by atoms with E-state index in [2.05, 4.69) is 21.2 Å². The van der Waals surface area contributed by atoms with E-state index in [-0.39, 0.29) is 0 Å². The summed E-state index contributed by atoms with van der Waals surface area (Å²) in [4.78, 5) is 0. The lowest BCUT2D eigenvalue weighted by Gasteiger charge is -2.01. The Kier molecular flexibility index (Phi) is 4.94. The van der Waals surface area contributed by atoms with Crippen molar-refractivity contribution in [3.63, 3.8) is 0 Å². The molecule has 0 aliphatic heterocycles. The summed E-state index contributed by atoms with van der Waals surface area (Å²) in [7, 11) is 0. The van der Waals surface area contributed by atoms with Crippen molar-refractivity contribution in [3.05, 3.63) is 34.3 Å². The van der Waals surface area contributed by atoms with Crippen LogP contribution >= 0.6 is 39.9 Å². The number of rotatable bonds is 2. The van der Waals surface area contributed by atoms with Crippen molar-refractivity contribution >= 4 is 44.2 Å². The Morgan fingerprint density at radius 1 is 1.50 bits per heavy atom. The first-order valence-corrected chi connectivity index (χ1v) is 5.97. The monoisotopic (exact) mass is 286 g/mol. The minimum atomic E-state index is 0.510. The highest BCUT2D eigenvalue weighted by Crippen LogP contribution is 2.16. The number of halogens is 1. The molecule has 0 saturated carbocycles. The summed E-state index contributed by atoms with van der Waals surface area (Å²) in [6, 6.07) is 8.01. The van der Waals surface area contributed by atoms with E-state index in [1.165, 1.54) is 17.3 Å². The van der Waals surface area contributed by atoms with Crippen LogP contribution in [0.2, 0.25) is 0 Å². The van der Waals surface area contributed by atoms with E-state index >= 15 is 0 Å². The van der Waals surface area contributed by atoms with Crippen LogP contribution in [-0.2, 0) is 5.75 Å². The zero-order valence-corrected chi connectivity index (χ0v) is 10.4. The molecule has 0 amide bonds. The second-order valence-electron chi connectivity index (χ2n) is 2.44. The standard InChI is InChI=1S/C9H7BrN2S2/c10-8-3-1-7(2-4-8)5-14-9(13)12-6-11/h1-4H,5H2,(H,12,13). The summed E-state index contributed by atoms with van der Waals surface area (Å²) in [5.74, 6) is 0.779. The maximum Gasteiger partial charge on any atom is 0.182 e. The van der Waals surface area contributed by atoms with E-state index in [9.17, 15) is 0 Å². The minimum absolute atomic E-state index is 0.510. The van der Waals surface area contributed by atoms with Gasteiger partial charge in [0.05, 0.1) is 0 Å². The number of hydrogen-bond acceptors (Lipinski definition) is 3. The van der Waals surface area contributed by atoms with E-state index in [1.54, 1.807) is 6.19 Å². The fourth-order valence-electron chi connectivity index (χ4n) is 0.811. The Hall–Kier alpha value is -0.570. The van der Waals surface area contributed by atoms with Crippen LogP contribution in [-0.4, -0.2) is 4.32 Å². The van der Waals surface area contributed by atoms with E-state index in [4.69, 9.17) is 17.5 Å². The zero-order chi connectivity index (χ0) is 10.4. The van der Waals surface area contributed by atoms with E-state index in [0.717, 1.165) is 10.2 Å². The Bertz CT molecular complexity index is 356. The molecule has 72 valence electrons. The molecule has 0 atom stereocenters. The molecule has 0 unspecified atom stereocenters. The van der Waals surface area contributed by atoms with Gasteiger partial charge in [0, 0.05) is 10.2 Å². The number of thioether (sulfide) groups is 1. The predicted octanol–water partition coefficient (Wildman–Crippen LogP) is 3.04. The van der Waals surface area contributed by atoms with E-state index < -0.39 is 0 Å². The van der Waals surface area contributed by atoms with Crippen molar-refractivity contribution in [2.45, 2.75) is 5.75 Å². The molecule has 0 heterocycles. The molecule has 0 fully saturated rings. The minimum Gasteiger partial charge on any atom is -0.278 e. The maximum atomic E-state index is 8.30. The van der Waals surface area contributed by atoms with Crippen LogP contribution in [0, 0.1) is 11.5 Å². The fraction of sp³-hybridized carbons (Fsp3) is 0.111. The largest absolute Gasteiger partial charge is 0.278 e. The average molecular weight is 287 g/mol.